The summed E-state index contributed by atoms with van der Waals surface area (Å²) >= 11 is 0. The molecule has 0 aliphatic carbocycles. The molecular formula is C15H24N2O3. The average molecular weight is 280 g/mol. The molecule has 0 fully saturated rings. The molecular weight excluding hydrogens is 256 g/mol. The number of amides is 1. The Morgan fingerprint density at radius 3 is 2.60 bits per heavy atom. The smallest absolute Gasteiger partial charge is 0.255 e. The Morgan fingerprint density at radius 2 is 2.10 bits per heavy atom. The van der Waals surface area contributed by atoms with E-state index in [0.717, 1.165) is 6.42 Å². The lowest BCUT2D eigenvalue weighted by Gasteiger charge is -2.23. The molecule has 112 valence electrons. The van der Waals surface area contributed by atoms with Crippen molar-refractivity contribution in [2.24, 2.45) is 11.1 Å². The lowest BCUT2D eigenvalue weighted by atomic mass is 9.88. The van der Waals surface area contributed by atoms with Crippen LogP contribution in [-0.4, -0.2) is 30.7 Å². The maximum Gasteiger partial charge on any atom is 0.255 e. The molecule has 1 atom stereocenters. The number of nitrogens with two attached hydrogens (primary N) is 1. The Labute approximate surface area is 120 Å². The highest BCUT2D eigenvalue weighted by molar-refractivity contribution is 5.97. The fourth-order valence-corrected chi connectivity index (χ4v) is 2.01. The van der Waals surface area contributed by atoms with Crippen LogP contribution in [0, 0.1) is 5.41 Å². The van der Waals surface area contributed by atoms with Gasteiger partial charge in [0.05, 0.1) is 12.7 Å². The van der Waals surface area contributed by atoms with Crippen LogP contribution in [0.3, 0.4) is 0 Å². The van der Waals surface area contributed by atoms with Crippen LogP contribution in [0.1, 0.15) is 37.6 Å². The van der Waals surface area contributed by atoms with Crippen molar-refractivity contribution < 1.29 is 14.6 Å². The van der Waals surface area contributed by atoms with Crippen LogP contribution in [0.4, 0.5) is 0 Å². The van der Waals surface area contributed by atoms with Gasteiger partial charge < -0.3 is 20.9 Å². The summed E-state index contributed by atoms with van der Waals surface area (Å²) < 4.78 is 4.97. The first kappa shape index (κ1) is 16.3. The maximum atomic E-state index is 12.0. The molecule has 5 nitrogen and oxygen atoms in total. The SMILES string of the molecule is COc1ccc(C(=O)NCC(N)CC(C)(C)C)c(O)c1. The summed E-state index contributed by atoms with van der Waals surface area (Å²) in [5.41, 5.74) is 6.31. The van der Waals surface area contributed by atoms with Crippen molar-refractivity contribution in [2.75, 3.05) is 13.7 Å². The zero-order valence-electron chi connectivity index (χ0n) is 12.6. The van der Waals surface area contributed by atoms with Crippen molar-refractivity contribution in [3.05, 3.63) is 23.8 Å². The van der Waals surface area contributed by atoms with E-state index in [9.17, 15) is 9.90 Å². The second-order valence-corrected chi connectivity index (χ2v) is 6.12. The Bertz CT molecular complexity index is 467. The lowest BCUT2D eigenvalue weighted by molar-refractivity contribution is 0.0946. The highest BCUT2D eigenvalue weighted by Gasteiger charge is 2.17. The minimum atomic E-state index is -0.338. The van der Waals surface area contributed by atoms with E-state index in [1.165, 1.54) is 19.2 Å². The summed E-state index contributed by atoms with van der Waals surface area (Å²) in [5.74, 6) is 0.0595. The zero-order chi connectivity index (χ0) is 15.3. The molecule has 1 unspecified atom stereocenters. The predicted molar refractivity (Wildman–Crippen MR) is 79.0 cm³/mol. The Hall–Kier alpha value is -1.75. The van der Waals surface area contributed by atoms with Crippen LogP contribution in [0.15, 0.2) is 18.2 Å². The number of carbonyl (C=O) groups excluding carboxylic acids is 1. The van der Waals surface area contributed by atoms with Crippen molar-refractivity contribution in [3.8, 4) is 11.5 Å². The van der Waals surface area contributed by atoms with Crippen LogP contribution in [0.5, 0.6) is 11.5 Å². The van der Waals surface area contributed by atoms with Gasteiger partial charge in [0, 0.05) is 18.7 Å². The number of methoxy groups -OCH3 is 1. The monoisotopic (exact) mass is 280 g/mol. The standard InChI is InChI=1S/C15H24N2O3/c1-15(2,3)8-10(16)9-17-14(19)12-6-5-11(20-4)7-13(12)18/h5-7,10,18H,8-9,16H2,1-4H3,(H,17,19). The van der Waals surface area contributed by atoms with Gasteiger partial charge in [-0.1, -0.05) is 20.8 Å². The molecule has 1 rings (SSSR count). The van der Waals surface area contributed by atoms with Crippen molar-refractivity contribution in [2.45, 2.75) is 33.2 Å². The number of phenolic OH excluding ortho intramolecular Hbond substituents is 1. The summed E-state index contributed by atoms with van der Waals surface area (Å²) in [7, 11) is 1.50. The molecule has 0 aliphatic heterocycles. The minimum absolute atomic E-state index is 0.105. The molecule has 0 saturated heterocycles. The number of hydrogen-bond donors (Lipinski definition) is 3. The first-order chi connectivity index (χ1) is 9.23. The first-order valence-corrected chi connectivity index (χ1v) is 6.64. The molecule has 0 spiro atoms. The van der Waals surface area contributed by atoms with Gasteiger partial charge in [-0.05, 0) is 24.0 Å². The van der Waals surface area contributed by atoms with Crippen molar-refractivity contribution in [3.63, 3.8) is 0 Å². The summed E-state index contributed by atoms with van der Waals surface area (Å²) in [5, 5.41) is 12.5. The number of hydrogen-bond acceptors (Lipinski definition) is 4. The van der Waals surface area contributed by atoms with Gasteiger partial charge in [0.25, 0.3) is 5.91 Å². The Morgan fingerprint density at radius 1 is 1.45 bits per heavy atom. The Kier molecular flexibility index (Phi) is 5.39. The second kappa shape index (κ2) is 6.61. The van der Waals surface area contributed by atoms with Gasteiger partial charge >= 0.3 is 0 Å². The van der Waals surface area contributed by atoms with E-state index in [1.54, 1.807) is 6.07 Å². The number of benzene rings is 1. The van der Waals surface area contributed by atoms with Gasteiger partial charge in [-0.2, -0.15) is 0 Å². The number of nitrogens with one attached hydrogen (secondary N) is 1. The van der Waals surface area contributed by atoms with Gasteiger partial charge in [-0.15, -0.1) is 0 Å². The van der Waals surface area contributed by atoms with Crippen LogP contribution >= 0.6 is 0 Å². The van der Waals surface area contributed by atoms with E-state index in [0.29, 0.717) is 12.3 Å². The third-order valence-corrected chi connectivity index (χ3v) is 2.85. The maximum absolute atomic E-state index is 12.0. The van der Waals surface area contributed by atoms with Gasteiger partial charge in [0.2, 0.25) is 0 Å². The molecule has 0 radical (unpaired) electrons. The topological polar surface area (TPSA) is 84.6 Å². The number of carbonyl (C=O) groups is 1. The van der Waals surface area contributed by atoms with Crippen molar-refractivity contribution in [1.82, 2.24) is 5.32 Å². The molecule has 5 heteroatoms. The van der Waals surface area contributed by atoms with Crippen LogP contribution in [-0.2, 0) is 0 Å². The molecule has 20 heavy (non-hydrogen) atoms. The molecule has 0 aromatic heterocycles. The van der Waals surface area contributed by atoms with Crippen LogP contribution < -0.4 is 15.8 Å². The molecule has 0 heterocycles. The minimum Gasteiger partial charge on any atom is -0.507 e. The highest BCUT2D eigenvalue weighted by atomic mass is 16.5. The molecule has 4 N–H and O–H groups in total. The van der Waals surface area contributed by atoms with E-state index in [-0.39, 0.29) is 28.7 Å². The molecule has 0 aliphatic rings. The quantitative estimate of drug-likeness (QED) is 0.769. The van der Waals surface area contributed by atoms with E-state index in [1.807, 2.05) is 0 Å². The largest absolute Gasteiger partial charge is 0.507 e. The predicted octanol–water partition coefficient (Wildman–Crippen LogP) is 1.89. The van der Waals surface area contributed by atoms with Crippen molar-refractivity contribution in [1.29, 1.82) is 0 Å². The van der Waals surface area contributed by atoms with E-state index in [2.05, 4.69) is 26.1 Å². The van der Waals surface area contributed by atoms with Gasteiger partial charge in [0.15, 0.2) is 0 Å². The van der Waals surface area contributed by atoms with Crippen molar-refractivity contribution >= 4 is 5.91 Å². The van der Waals surface area contributed by atoms with Gasteiger partial charge in [-0.25, -0.2) is 0 Å². The van der Waals surface area contributed by atoms with Crippen LogP contribution in [0.25, 0.3) is 0 Å². The molecule has 0 saturated carbocycles. The van der Waals surface area contributed by atoms with E-state index < -0.39 is 0 Å². The summed E-state index contributed by atoms with van der Waals surface area (Å²) in [6.45, 7) is 6.68. The second-order valence-electron chi connectivity index (χ2n) is 6.12. The third-order valence-electron chi connectivity index (χ3n) is 2.85. The number of ether oxygens (including phenoxy) is 1. The fourth-order valence-electron chi connectivity index (χ4n) is 2.01. The molecule has 1 amide bonds. The Balaban J connectivity index is 2.59. The number of phenols is 1. The fraction of sp³-hybridized carbons (Fsp3) is 0.533. The molecule has 1 aromatic rings. The van der Waals surface area contributed by atoms with Gasteiger partial charge in [0.1, 0.15) is 11.5 Å². The lowest BCUT2D eigenvalue weighted by Crippen LogP contribution is -2.39. The summed E-state index contributed by atoms with van der Waals surface area (Å²) in [4.78, 5) is 12.0. The summed E-state index contributed by atoms with van der Waals surface area (Å²) in [6.07, 6.45) is 0.807. The summed E-state index contributed by atoms with van der Waals surface area (Å²) in [6, 6.07) is 4.45. The zero-order valence-corrected chi connectivity index (χ0v) is 12.6. The highest BCUT2D eigenvalue weighted by Crippen LogP contribution is 2.23. The van der Waals surface area contributed by atoms with E-state index >= 15 is 0 Å². The number of rotatable bonds is 5. The average Bonchev–Trinajstić information content (AvgIpc) is 2.33. The van der Waals surface area contributed by atoms with Gasteiger partial charge in [-0.3, -0.25) is 4.79 Å². The first-order valence-electron chi connectivity index (χ1n) is 6.64. The van der Waals surface area contributed by atoms with E-state index in [4.69, 9.17) is 10.5 Å². The number of aromatic hydroxyl groups is 1. The normalized spacial score (nSPS) is 12.8. The van der Waals surface area contributed by atoms with Crippen LogP contribution in [0.2, 0.25) is 0 Å². The third kappa shape index (κ3) is 5.09. The molecule has 0 bridgehead atoms. The molecule has 1 aromatic carbocycles.